The van der Waals surface area contributed by atoms with Crippen LogP contribution in [0.1, 0.15) is 37.7 Å². The van der Waals surface area contributed by atoms with E-state index in [0.717, 1.165) is 9.90 Å². The molecule has 0 amide bonds. The van der Waals surface area contributed by atoms with Gasteiger partial charge in [0.2, 0.25) is 9.84 Å². The molecule has 1 aromatic heterocycles. The average Bonchev–Trinajstić information content (AvgIpc) is 2.90. The number of hydrogen-bond acceptors (Lipinski definition) is 5. The molecule has 0 atom stereocenters. The van der Waals surface area contributed by atoms with Crippen molar-refractivity contribution in [1.29, 1.82) is 0 Å². The van der Waals surface area contributed by atoms with Gasteiger partial charge in [0.05, 0.1) is 4.90 Å². The molecular formula is C16H18ClNO2S3. The topological polar surface area (TPSA) is 47.0 Å². The maximum absolute atomic E-state index is 12.7. The zero-order valence-corrected chi connectivity index (χ0v) is 16.0. The Morgan fingerprint density at radius 3 is 2.48 bits per heavy atom. The monoisotopic (exact) mass is 387 g/mol. The van der Waals surface area contributed by atoms with E-state index in [2.05, 4.69) is 4.98 Å². The van der Waals surface area contributed by atoms with Gasteiger partial charge in [0.25, 0.3) is 0 Å². The number of sulfone groups is 1. The van der Waals surface area contributed by atoms with E-state index >= 15 is 0 Å². The van der Waals surface area contributed by atoms with Crippen molar-refractivity contribution in [1.82, 2.24) is 4.98 Å². The highest BCUT2D eigenvalue weighted by atomic mass is 35.5. The van der Waals surface area contributed by atoms with Crippen LogP contribution in [0.5, 0.6) is 0 Å². The summed E-state index contributed by atoms with van der Waals surface area (Å²) in [6.45, 7) is 1.92. The van der Waals surface area contributed by atoms with Crippen molar-refractivity contribution in [3.63, 3.8) is 0 Å². The second-order valence-corrected chi connectivity index (χ2v) is 10.8. The molecular weight excluding hydrogens is 370 g/mol. The molecule has 0 saturated heterocycles. The highest BCUT2D eigenvalue weighted by Crippen LogP contribution is 2.40. The van der Waals surface area contributed by atoms with Crippen LogP contribution >= 0.6 is 34.7 Å². The Bertz CT molecular complexity index is 778. The van der Waals surface area contributed by atoms with Crippen LogP contribution in [0.25, 0.3) is 0 Å². The molecule has 3 nitrogen and oxygen atoms in total. The van der Waals surface area contributed by atoms with Gasteiger partial charge in [-0.05, 0) is 31.9 Å². The third-order valence-electron chi connectivity index (χ3n) is 3.94. The third-order valence-corrected chi connectivity index (χ3v) is 8.57. The van der Waals surface area contributed by atoms with Crippen LogP contribution < -0.4 is 0 Å². The number of halogens is 1. The Morgan fingerprint density at radius 2 is 1.83 bits per heavy atom. The van der Waals surface area contributed by atoms with E-state index in [1.54, 1.807) is 36.0 Å². The quantitative estimate of drug-likeness (QED) is 0.708. The molecule has 1 fully saturated rings. The molecule has 1 aliphatic carbocycles. The second-order valence-electron chi connectivity index (χ2n) is 5.75. The van der Waals surface area contributed by atoms with Gasteiger partial charge in [-0.2, -0.15) is 0 Å². The van der Waals surface area contributed by atoms with Crippen LogP contribution in [0.2, 0.25) is 4.34 Å². The summed E-state index contributed by atoms with van der Waals surface area (Å²) in [6, 6.07) is 6.78. The first-order chi connectivity index (χ1) is 11.0. The van der Waals surface area contributed by atoms with E-state index in [1.165, 1.54) is 43.4 Å². The molecule has 1 aliphatic rings. The molecule has 3 rings (SSSR count). The Morgan fingerprint density at radius 1 is 1.17 bits per heavy atom. The number of rotatable bonds is 4. The molecule has 23 heavy (non-hydrogen) atoms. The van der Waals surface area contributed by atoms with Crippen LogP contribution in [0.15, 0.2) is 38.5 Å². The molecule has 0 radical (unpaired) electrons. The van der Waals surface area contributed by atoms with Gasteiger partial charge in [-0.3, -0.25) is 0 Å². The van der Waals surface area contributed by atoms with Gasteiger partial charge in [-0.15, -0.1) is 0 Å². The van der Waals surface area contributed by atoms with Crippen molar-refractivity contribution in [2.75, 3.05) is 0 Å². The predicted octanol–water partition coefficient (Wildman–Crippen LogP) is 5.36. The van der Waals surface area contributed by atoms with Gasteiger partial charge < -0.3 is 0 Å². The smallest absolute Gasteiger partial charge is 0.217 e. The Hall–Kier alpha value is -0.560. The van der Waals surface area contributed by atoms with Crippen molar-refractivity contribution in [2.24, 2.45) is 0 Å². The van der Waals surface area contributed by atoms with Crippen LogP contribution in [0.3, 0.4) is 0 Å². The molecule has 124 valence electrons. The summed E-state index contributed by atoms with van der Waals surface area (Å²) in [5.74, 6) is 0. The van der Waals surface area contributed by atoms with Crippen LogP contribution in [0, 0.1) is 6.92 Å². The zero-order valence-electron chi connectivity index (χ0n) is 12.8. The number of aromatic nitrogens is 1. The largest absolute Gasteiger partial charge is 0.226 e. The maximum Gasteiger partial charge on any atom is 0.226 e. The summed E-state index contributed by atoms with van der Waals surface area (Å²) < 4.78 is 26.5. The number of nitrogens with zero attached hydrogens (tertiary/aromatic N) is 1. The molecule has 1 saturated carbocycles. The summed E-state index contributed by atoms with van der Waals surface area (Å²) in [5, 5.41) is 0.521. The standard InChI is InChI=1S/C16H18ClNO2S3/c1-11-7-9-13(10-8-11)23(19,20)15-14(17)22-16(18-15)21-12-5-3-2-4-6-12/h7-10,12H,2-6H2,1H3. The van der Waals surface area contributed by atoms with Gasteiger partial charge in [0.15, 0.2) is 9.37 Å². The van der Waals surface area contributed by atoms with Crippen molar-refractivity contribution in [3.05, 3.63) is 34.2 Å². The molecule has 0 spiro atoms. The van der Waals surface area contributed by atoms with E-state index < -0.39 is 9.84 Å². The lowest BCUT2D eigenvalue weighted by molar-refractivity contribution is 0.516. The first-order valence-electron chi connectivity index (χ1n) is 7.61. The molecule has 2 aromatic rings. The fourth-order valence-corrected chi connectivity index (χ4v) is 7.33. The Balaban J connectivity index is 1.86. The van der Waals surface area contributed by atoms with E-state index in [1.807, 2.05) is 6.92 Å². The molecule has 0 aliphatic heterocycles. The van der Waals surface area contributed by atoms with Gasteiger partial charge >= 0.3 is 0 Å². The van der Waals surface area contributed by atoms with Crippen LogP contribution in [0.4, 0.5) is 0 Å². The van der Waals surface area contributed by atoms with Crippen molar-refractivity contribution < 1.29 is 8.42 Å². The summed E-state index contributed by atoms with van der Waals surface area (Å²) in [6.07, 6.45) is 6.11. The fraction of sp³-hybridized carbons (Fsp3) is 0.438. The molecule has 0 bridgehead atoms. The predicted molar refractivity (Wildman–Crippen MR) is 96.5 cm³/mol. The first-order valence-corrected chi connectivity index (χ1v) is 11.2. The van der Waals surface area contributed by atoms with Crippen molar-refractivity contribution in [2.45, 2.75) is 58.5 Å². The first kappa shape index (κ1) is 17.3. The molecule has 1 heterocycles. The van der Waals surface area contributed by atoms with Gasteiger partial charge in [-0.25, -0.2) is 13.4 Å². The second kappa shape index (κ2) is 7.13. The van der Waals surface area contributed by atoms with E-state index in [0.29, 0.717) is 5.25 Å². The number of aryl methyl sites for hydroxylation is 1. The van der Waals surface area contributed by atoms with Gasteiger partial charge in [0, 0.05) is 5.25 Å². The number of thiazole rings is 1. The van der Waals surface area contributed by atoms with Crippen LogP contribution in [-0.2, 0) is 9.84 Å². The van der Waals surface area contributed by atoms with E-state index in [-0.39, 0.29) is 14.3 Å². The third kappa shape index (κ3) is 3.92. The summed E-state index contributed by atoms with van der Waals surface area (Å²) in [5.41, 5.74) is 1.02. The molecule has 0 unspecified atom stereocenters. The van der Waals surface area contributed by atoms with Crippen LogP contribution in [-0.4, -0.2) is 18.7 Å². The van der Waals surface area contributed by atoms with Gasteiger partial charge in [-0.1, -0.05) is 71.7 Å². The summed E-state index contributed by atoms with van der Waals surface area (Å²) in [7, 11) is -3.65. The highest BCUT2D eigenvalue weighted by molar-refractivity contribution is 8.01. The van der Waals surface area contributed by atoms with Crippen molar-refractivity contribution in [3.8, 4) is 0 Å². The van der Waals surface area contributed by atoms with E-state index in [4.69, 9.17) is 11.6 Å². The Labute approximate surface area is 150 Å². The maximum atomic E-state index is 12.7. The summed E-state index contributed by atoms with van der Waals surface area (Å²) >= 11 is 9.13. The van der Waals surface area contributed by atoms with Crippen molar-refractivity contribution >= 4 is 44.5 Å². The fourth-order valence-electron chi connectivity index (χ4n) is 2.64. The minimum atomic E-state index is -3.65. The SMILES string of the molecule is Cc1ccc(S(=O)(=O)c2nc(SC3CCCCC3)sc2Cl)cc1. The highest BCUT2D eigenvalue weighted by Gasteiger charge is 2.27. The zero-order chi connectivity index (χ0) is 16.4. The number of hydrogen-bond donors (Lipinski definition) is 0. The van der Waals surface area contributed by atoms with E-state index in [9.17, 15) is 8.42 Å². The Kier molecular flexibility index (Phi) is 5.35. The molecule has 1 aromatic carbocycles. The normalized spacial score (nSPS) is 16.6. The molecule has 0 N–H and O–H groups in total. The lowest BCUT2D eigenvalue weighted by atomic mass is 10.0. The number of thioether (sulfide) groups is 1. The minimum Gasteiger partial charge on any atom is -0.217 e. The minimum absolute atomic E-state index is 0.00803. The summed E-state index contributed by atoms with van der Waals surface area (Å²) in [4.78, 5) is 4.58. The lowest BCUT2D eigenvalue weighted by Crippen LogP contribution is -2.07. The number of benzene rings is 1. The van der Waals surface area contributed by atoms with Gasteiger partial charge in [0.1, 0.15) is 4.34 Å². The lowest BCUT2D eigenvalue weighted by Gasteiger charge is -2.19. The molecule has 7 heteroatoms. The average molecular weight is 388 g/mol.